The fourth-order valence-corrected chi connectivity index (χ4v) is 4.82. The van der Waals surface area contributed by atoms with Crippen molar-refractivity contribution in [3.8, 4) is 0 Å². The first kappa shape index (κ1) is 15.3. The van der Waals surface area contributed by atoms with Gasteiger partial charge in [-0.05, 0) is 19.3 Å². The van der Waals surface area contributed by atoms with E-state index in [1.807, 2.05) is 0 Å². The highest BCUT2D eigenvalue weighted by Crippen LogP contribution is 2.31. The zero-order chi connectivity index (χ0) is 15.1. The summed E-state index contributed by atoms with van der Waals surface area (Å²) in [5.74, 6) is -2.08. The van der Waals surface area contributed by atoms with E-state index >= 15 is 0 Å². The fraction of sp³-hybridized carbons (Fsp3) is 0.667. The van der Waals surface area contributed by atoms with E-state index in [-0.39, 0.29) is 23.8 Å². The van der Waals surface area contributed by atoms with Crippen LogP contribution >= 0.6 is 11.6 Å². The maximum Gasteiger partial charge on any atom is 0.307 e. The number of sulfone groups is 1. The predicted molar refractivity (Wildman–Crippen MR) is 74.5 cm³/mol. The maximum absolute atomic E-state index is 11.5. The van der Waals surface area contributed by atoms with Gasteiger partial charge in [0.05, 0.1) is 33.8 Å². The van der Waals surface area contributed by atoms with Gasteiger partial charge in [-0.25, -0.2) is 8.42 Å². The lowest BCUT2D eigenvalue weighted by molar-refractivity contribution is -0.143. The van der Waals surface area contributed by atoms with E-state index in [0.29, 0.717) is 22.8 Å². The second-order valence-electron chi connectivity index (χ2n) is 5.28. The smallest absolute Gasteiger partial charge is 0.307 e. The van der Waals surface area contributed by atoms with Gasteiger partial charge in [0.1, 0.15) is 0 Å². The third-order valence-corrected chi connectivity index (χ3v) is 6.11. The van der Waals surface area contributed by atoms with Crippen molar-refractivity contribution >= 4 is 27.4 Å². The van der Waals surface area contributed by atoms with Crippen LogP contribution < -0.4 is 0 Å². The molecular formula is C12H17ClN2O4S. The molecule has 6 nitrogen and oxygen atoms in total. The Morgan fingerprint density at radius 1 is 1.60 bits per heavy atom. The molecule has 1 saturated heterocycles. The number of halogens is 1. The molecule has 2 heterocycles. The molecule has 0 aliphatic carbocycles. The Hall–Kier alpha value is -1.08. The molecule has 0 radical (unpaired) electrons. The van der Waals surface area contributed by atoms with Crippen LogP contribution in [0, 0.1) is 18.8 Å². The van der Waals surface area contributed by atoms with Crippen molar-refractivity contribution in [3.05, 3.63) is 16.4 Å². The van der Waals surface area contributed by atoms with Crippen LogP contribution in [0.5, 0.6) is 0 Å². The number of carboxylic acids is 1. The second kappa shape index (κ2) is 5.37. The first-order valence-corrected chi connectivity index (χ1v) is 8.52. The molecule has 1 aromatic heterocycles. The molecule has 8 heteroatoms. The molecule has 0 amide bonds. The largest absolute Gasteiger partial charge is 0.481 e. The Bertz CT molecular complexity index is 638. The predicted octanol–water partition coefficient (Wildman–Crippen LogP) is 1.06. The number of aryl methyl sites for hydroxylation is 2. The number of hydrogen-bond donors (Lipinski definition) is 1. The number of carboxylic acid groups (broad SMARTS) is 1. The number of aromatic nitrogens is 2. The summed E-state index contributed by atoms with van der Waals surface area (Å²) in [6.45, 7) is 1.75. The highest BCUT2D eigenvalue weighted by Gasteiger charge is 2.38. The van der Waals surface area contributed by atoms with E-state index in [1.54, 1.807) is 18.7 Å². The summed E-state index contributed by atoms with van der Waals surface area (Å²) < 4.78 is 24.6. The Morgan fingerprint density at radius 3 is 2.65 bits per heavy atom. The lowest BCUT2D eigenvalue weighted by Gasteiger charge is -2.18. The minimum atomic E-state index is -3.10. The topological polar surface area (TPSA) is 89.3 Å². The van der Waals surface area contributed by atoms with Gasteiger partial charge >= 0.3 is 5.97 Å². The van der Waals surface area contributed by atoms with Crippen molar-refractivity contribution in [1.82, 2.24) is 9.78 Å². The number of carbonyl (C=O) groups is 1. The summed E-state index contributed by atoms with van der Waals surface area (Å²) in [6, 6.07) is 0. The molecule has 2 rings (SSSR count). The van der Waals surface area contributed by atoms with E-state index < -0.39 is 21.7 Å². The first-order valence-electron chi connectivity index (χ1n) is 6.32. The van der Waals surface area contributed by atoms with Crippen LogP contribution in [0.3, 0.4) is 0 Å². The Balaban J connectivity index is 2.25. The van der Waals surface area contributed by atoms with E-state index in [4.69, 9.17) is 11.6 Å². The molecule has 0 spiro atoms. The summed E-state index contributed by atoms with van der Waals surface area (Å²) in [7, 11) is -1.39. The van der Waals surface area contributed by atoms with E-state index in [9.17, 15) is 18.3 Å². The summed E-state index contributed by atoms with van der Waals surface area (Å²) >= 11 is 6.13. The van der Waals surface area contributed by atoms with Crippen LogP contribution in [0.4, 0.5) is 0 Å². The molecule has 20 heavy (non-hydrogen) atoms. The SMILES string of the molecule is Cc1nn(C)c(CC(C(=O)O)C2CCS(=O)(=O)C2)c1Cl. The average molecular weight is 321 g/mol. The van der Waals surface area contributed by atoms with Crippen LogP contribution in [-0.4, -0.2) is 40.8 Å². The van der Waals surface area contributed by atoms with Crippen molar-refractivity contribution in [1.29, 1.82) is 0 Å². The summed E-state index contributed by atoms with van der Waals surface area (Å²) in [6.07, 6.45) is 0.597. The second-order valence-corrected chi connectivity index (χ2v) is 7.89. The first-order chi connectivity index (χ1) is 9.21. The molecule has 1 aliphatic heterocycles. The molecular weight excluding hydrogens is 304 g/mol. The Morgan fingerprint density at radius 2 is 2.25 bits per heavy atom. The third-order valence-electron chi connectivity index (χ3n) is 3.83. The molecule has 1 fully saturated rings. The quantitative estimate of drug-likeness (QED) is 0.896. The molecule has 1 aliphatic rings. The zero-order valence-electron chi connectivity index (χ0n) is 11.3. The molecule has 1 aromatic rings. The minimum Gasteiger partial charge on any atom is -0.481 e. The van der Waals surface area contributed by atoms with Gasteiger partial charge in [-0.2, -0.15) is 5.10 Å². The fourth-order valence-electron chi connectivity index (χ4n) is 2.71. The number of nitrogens with zero attached hydrogens (tertiary/aromatic N) is 2. The highest BCUT2D eigenvalue weighted by molar-refractivity contribution is 7.91. The van der Waals surface area contributed by atoms with Crippen LogP contribution in [0.25, 0.3) is 0 Å². The van der Waals surface area contributed by atoms with Crippen molar-refractivity contribution in [2.75, 3.05) is 11.5 Å². The van der Waals surface area contributed by atoms with E-state index in [1.165, 1.54) is 0 Å². The van der Waals surface area contributed by atoms with Crippen LogP contribution in [0.1, 0.15) is 17.8 Å². The van der Waals surface area contributed by atoms with Gasteiger partial charge in [0.25, 0.3) is 0 Å². The van der Waals surface area contributed by atoms with Crippen LogP contribution in [-0.2, 0) is 28.1 Å². The van der Waals surface area contributed by atoms with Gasteiger partial charge in [0.15, 0.2) is 9.84 Å². The lowest BCUT2D eigenvalue weighted by atomic mass is 9.88. The van der Waals surface area contributed by atoms with Gasteiger partial charge in [0, 0.05) is 13.5 Å². The monoisotopic (exact) mass is 320 g/mol. The molecule has 0 bridgehead atoms. The standard InChI is InChI=1S/C12H17ClN2O4S/c1-7-11(13)10(15(2)14-7)5-9(12(16)17)8-3-4-20(18,19)6-8/h8-9H,3-6H2,1-2H3,(H,16,17). The van der Waals surface area contributed by atoms with Crippen LogP contribution in [0.15, 0.2) is 0 Å². The van der Waals surface area contributed by atoms with Gasteiger partial charge < -0.3 is 5.11 Å². The highest BCUT2D eigenvalue weighted by atomic mass is 35.5. The molecule has 1 N–H and O–H groups in total. The van der Waals surface area contributed by atoms with Crippen LogP contribution in [0.2, 0.25) is 5.02 Å². The number of rotatable bonds is 4. The van der Waals surface area contributed by atoms with Gasteiger partial charge in [-0.3, -0.25) is 9.48 Å². The van der Waals surface area contributed by atoms with Crippen molar-refractivity contribution < 1.29 is 18.3 Å². The number of hydrogen-bond acceptors (Lipinski definition) is 4. The minimum absolute atomic E-state index is 0.0571. The van der Waals surface area contributed by atoms with Gasteiger partial charge in [-0.15, -0.1) is 0 Å². The molecule has 2 unspecified atom stereocenters. The van der Waals surface area contributed by atoms with Gasteiger partial charge in [-0.1, -0.05) is 11.6 Å². The molecule has 0 aromatic carbocycles. The molecule has 0 saturated carbocycles. The van der Waals surface area contributed by atoms with E-state index in [0.717, 1.165) is 0 Å². The summed E-state index contributed by atoms with van der Waals surface area (Å²) in [5.41, 5.74) is 1.29. The summed E-state index contributed by atoms with van der Waals surface area (Å²) in [4.78, 5) is 11.5. The van der Waals surface area contributed by atoms with E-state index in [2.05, 4.69) is 5.10 Å². The summed E-state index contributed by atoms with van der Waals surface area (Å²) in [5, 5.41) is 14.0. The van der Waals surface area contributed by atoms with Crippen molar-refractivity contribution in [2.45, 2.75) is 19.8 Å². The molecule has 112 valence electrons. The third kappa shape index (κ3) is 2.98. The maximum atomic E-state index is 11.5. The zero-order valence-corrected chi connectivity index (χ0v) is 12.9. The Labute approximate surface area is 122 Å². The molecule has 2 atom stereocenters. The van der Waals surface area contributed by atoms with Gasteiger partial charge in [0.2, 0.25) is 0 Å². The normalized spacial score (nSPS) is 22.9. The number of aliphatic carboxylic acids is 1. The lowest BCUT2D eigenvalue weighted by Crippen LogP contribution is -2.27. The average Bonchev–Trinajstić information content (AvgIpc) is 2.78. The van der Waals surface area contributed by atoms with Crippen molar-refractivity contribution in [2.24, 2.45) is 18.9 Å². The Kier molecular flexibility index (Phi) is 4.11. The van der Waals surface area contributed by atoms with Crippen molar-refractivity contribution in [3.63, 3.8) is 0 Å².